The minimum absolute atomic E-state index is 0.146. The first kappa shape index (κ1) is 19.2. The lowest BCUT2D eigenvalue weighted by Crippen LogP contribution is -2.44. The van der Waals surface area contributed by atoms with Crippen LogP contribution in [0.3, 0.4) is 0 Å². The number of rotatable bonds is 3. The summed E-state index contributed by atoms with van der Waals surface area (Å²) in [7, 11) is 0. The minimum Gasteiger partial charge on any atom is -0.390 e. The lowest BCUT2D eigenvalue weighted by Gasteiger charge is -2.43. The van der Waals surface area contributed by atoms with E-state index in [2.05, 4.69) is 0 Å². The van der Waals surface area contributed by atoms with Gasteiger partial charge in [0.1, 0.15) is 6.17 Å². The predicted octanol–water partition coefficient (Wildman–Crippen LogP) is 6.24. The first-order valence-electron chi connectivity index (χ1n) is 11.6. The Kier molecular flexibility index (Phi) is 6.22. The first-order valence-corrected chi connectivity index (χ1v) is 11.6. The average molecular weight is 369 g/mol. The van der Waals surface area contributed by atoms with Crippen molar-refractivity contribution in [3.63, 3.8) is 0 Å². The van der Waals surface area contributed by atoms with E-state index in [-0.39, 0.29) is 5.92 Å². The number of halogens is 2. The van der Waals surface area contributed by atoms with Crippen LogP contribution >= 0.6 is 0 Å². The molecule has 0 saturated heterocycles. The van der Waals surface area contributed by atoms with Gasteiger partial charge >= 0.3 is 0 Å². The Bertz CT molecular complexity index is 433. The smallest absolute Gasteiger partial charge is 0.157 e. The molecule has 0 bridgehead atoms. The van der Waals surface area contributed by atoms with E-state index in [4.69, 9.17) is 0 Å². The molecule has 0 heterocycles. The van der Waals surface area contributed by atoms with Gasteiger partial charge in [0.15, 0.2) is 6.17 Å². The fraction of sp³-hybridized carbons (Fsp3) is 1.00. The molecule has 4 unspecified atom stereocenters. The van der Waals surface area contributed by atoms with Gasteiger partial charge in [-0.1, -0.05) is 25.7 Å². The van der Waals surface area contributed by atoms with E-state index in [1.807, 2.05) is 0 Å². The van der Waals surface area contributed by atoms with Crippen LogP contribution in [0.5, 0.6) is 0 Å². The van der Waals surface area contributed by atoms with Gasteiger partial charge in [-0.3, -0.25) is 0 Å². The van der Waals surface area contributed by atoms with Gasteiger partial charge in [-0.15, -0.1) is 0 Å². The van der Waals surface area contributed by atoms with Gasteiger partial charge in [0.2, 0.25) is 0 Å². The zero-order chi connectivity index (χ0) is 18.1. The highest BCUT2D eigenvalue weighted by atomic mass is 19.2. The minimum atomic E-state index is -1.66. The highest BCUT2D eigenvalue weighted by molar-refractivity contribution is 4.93. The topological polar surface area (TPSA) is 20.2 Å². The van der Waals surface area contributed by atoms with Crippen LogP contribution in [0, 0.1) is 35.5 Å². The molecule has 0 aliphatic heterocycles. The van der Waals surface area contributed by atoms with Crippen LogP contribution in [0.1, 0.15) is 89.9 Å². The third-order valence-electron chi connectivity index (χ3n) is 8.85. The number of aliphatic hydroxyl groups is 1. The van der Waals surface area contributed by atoms with Crippen LogP contribution in [-0.2, 0) is 0 Å². The van der Waals surface area contributed by atoms with Crippen LogP contribution < -0.4 is 0 Å². The fourth-order valence-corrected chi connectivity index (χ4v) is 7.19. The van der Waals surface area contributed by atoms with Gasteiger partial charge in [0, 0.05) is 0 Å². The summed E-state index contributed by atoms with van der Waals surface area (Å²) in [5.41, 5.74) is 0. The van der Waals surface area contributed by atoms with Gasteiger partial charge in [-0.2, -0.15) is 0 Å². The molecular formula is C23H38F2O. The Hall–Kier alpha value is -0.180. The molecule has 150 valence electrons. The maximum Gasteiger partial charge on any atom is 0.157 e. The highest BCUT2D eigenvalue weighted by Crippen LogP contribution is 2.48. The molecule has 1 N–H and O–H groups in total. The van der Waals surface area contributed by atoms with E-state index in [9.17, 15) is 13.9 Å². The van der Waals surface area contributed by atoms with Crippen molar-refractivity contribution in [1.82, 2.24) is 0 Å². The molecule has 0 radical (unpaired) electrons. The maximum atomic E-state index is 14.4. The second-order valence-electron chi connectivity index (χ2n) is 10.1. The van der Waals surface area contributed by atoms with Gasteiger partial charge in [-0.25, -0.2) is 8.78 Å². The molecule has 4 aliphatic carbocycles. The Labute approximate surface area is 158 Å². The molecule has 1 nitrogen and oxygen atoms in total. The van der Waals surface area contributed by atoms with E-state index >= 15 is 0 Å². The zero-order valence-electron chi connectivity index (χ0n) is 16.3. The summed E-state index contributed by atoms with van der Waals surface area (Å²) >= 11 is 0. The number of hydrogen-bond donors (Lipinski definition) is 1. The van der Waals surface area contributed by atoms with Crippen LogP contribution in [0.15, 0.2) is 0 Å². The number of hydrogen-bond acceptors (Lipinski definition) is 1. The van der Waals surface area contributed by atoms with E-state index in [0.29, 0.717) is 18.8 Å². The summed E-state index contributed by atoms with van der Waals surface area (Å²) in [6.45, 7) is 0. The molecule has 0 spiro atoms. The van der Waals surface area contributed by atoms with Gasteiger partial charge in [-0.05, 0) is 99.7 Å². The van der Waals surface area contributed by atoms with E-state index in [0.717, 1.165) is 36.5 Å². The monoisotopic (exact) mass is 368 g/mol. The normalized spacial score (nSPS) is 48.6. The van der Waals surface area contributed by atoms with Crippen molar-refractivity contribution < 1.29 is 13.9 Å². The second kappa shape index (κ2) is 8.45. The molecule has 3 heteroatoms. The quantitative estimate of drug-likeness (QED) is 0.625. The zero-order valence-corrected chi connectivity index (χ0v) is 16.3. The van der Waals surface area contributed by atoms with Crippen LogP contribution in [0.2, 0.25) is 0 Å². The first-order chi connectivity index (χ1) is 12.6. The third kappa shape index (κ3) is 3.98. The number of alkyl halides is 2. The molecular weight excluding hydrogens is 330 g/mol. The van der Waals surface area contributed by atoms with Crippen molar-refractivity contribution in [3.8, 4) is 0 Å². The van der Waals surface area contributed by atoms with Gasteiger partial charge in [0.05, 0.1) is 6.10 Å². The number of aliphatic hydroxyl groups excluding tert-OH is 1. The standard InChI is InChI=1S/C23H38F2O/c24-22-20(13-14-21(26)23(22)25)19-11-9-18(10-12-19)17-7-5-16(6-8-17)15-3-1-2-4-15/h15-23,26H,1-14H2. The summed E-state index contributed by atoms with van der Waals surface area (Å²) < 4.78 is 28.3. The fourth-order valence-electron chi connectivity index (χ4n) is 7.19. The highest BCUT2D eigenvalue weighted by Gasteiger charge is 2.44. The summed E-state index contributed by atoms with van der Waals surface area (Å²) in [5, 5.41) is 9.56. The van der Waals surface area contributed by atoms with Crippen LogP contribution in [0.25, 0.3) is 0 Å². The van der Waals surface area contributed by atoms with Crippen molar-refractivity contribution in [2.24, 2.45) is 35.5 Å². The summed E-state index contributed by atoms with van der Waals surface area (Å²) in [6, 6.07) is 0. The summed E-state index contributed by atoms with van der Waals surface area (Å²) in [6.07, 6.45) is 13.2. The van der Waals surface area contributed by atoms with Crippen LogP contribution in [0.4, 0.5) is 8.78 Å². The molecule has 4 aliphatic rings. The third-order valence-corrected chi connectivity index (χ3v) is 8.85. The predicted molar refractivity (Wildman–Crippen MR) is 101 cm³/mol. The lowest BCUT2D eigenvalue weighted by molar-refractivity contribution is -0.0562. The maximum absolute atomic E-state index is 14.4. The molecule has 4 saturated carbocycles. The van der Waals surface area contributed by atoms with Crippen molar-refractivity contribution in [2.45, 2.75) is 108 Å². The largest absolute Gasteiger partial charge is 0.390 e. The molecule has 4 rings (SSSR count). The Morgan fingerprint density at radius 3 is 1.38 bits per heavy atom. The van der Waals surface area contributed by atoms with Crippen LogP contribution in [-0.4, -0.2) is 23.6 Å². The molecule has 0 amide bonds. The van der Waals surface area contributed by atoms with Crippen molar-refractivity contribution in [2.75, 3.05) is 0 Å². The molecule has 4 atom stereocenters. The van der Waals surface area contributed by atoms with Gasteiger partial charge in [0.25, 0.3) is 0 Å². The molecule has 0 aromatic carbocycles. The van der Waals surface area contributed by atoms with Gasteiger partial charge < -0.3 is 5.11 Å². The van der Waals surface area contributed by atoms with Crippen molar-refractivity contribution in [3.05, 3.63) is 0 Å². The van der Waals surface area contributed by atoms with E-state index in [1.54, 1.807) is 0 Å². The summed E-state index contributed by atoms with van der Waals surface area (Å²) in [4.78, 5) is 0. The lowest BCUT2D eigenvalue weighted by atomic mass is 9.64. The average Bonchev–Trinajstić information content (AvgIpc) is 3.22. The second-order valence-corrected chi connectivity index (χ2v) is 10.1. The molecule has 0 aromatic rings. The Balaban J connectivity index is 1.23. The van der Waals surface area contributed by atoms with E-state index < -0.39 is 18.4 Å². The van der Waals surface area contributed by atoms with E-state index in [1.165, 1.54) is 64.2 Å². The van der Waals surface area contributed by atoms with Crippen molar-refractivity contribution >= 4 is 0 Å². The molecule has 0 aromatic heterocycles. The SMILES string of the molecule is OC1CCC(C2CCC(C3CCC(C4CCCC4)CC3)CC2)C(F)C1F. The summed E-state index contributed by atoms with van der Waals surface area (Å²) in [5.74, 6) is 3.98. The Morgan fingerprint density at radius 1 is 0.462 bits per heavy atom. The Morgan fingerprint density at radius 2 is 0.885 bits per heavy atom. The molecule has 4 fully saturated rings. The molecule has 26 heavy (non-hydrogen) atoms. The van der Waals surface area contributed by atoms with Crippen molar-refractivity contribution in [1.29, 1.82) is 0 Å².